The van der Waals surface area contributed by atoms with Crippen LogP contribution >= 0.6 is 0 Å². The summed E-state index contributed by atoms with van der Waals surface area (Å²) >= 11 is 0. The normalized spacial score (nSPS) is 31.6. The van der Waals surface area contributed by atoms with Crippen molar-refractivity contribution in [3.8, 4) is 11.5 Å². The zero-order valence-corrected chi connectivity index (χ0v) is 16.8. The van der Waals surface area contributed by atoms with Crippen LogP contribution in [0.25, 0.3) is 0 Å². The number of benzene rings is 1. The third-order valence-electron chi connectivity index (χ3n) is 7.23. The Hall–Kier alpha value is -1.67. The van der Waals surface area contributed by atoms with E-state index in [1.807, 2.05) is 13.0 Å². The summed E-state index contributed by atoms with van der Waals surface area (Å²) in [7, 11) is -2.70. The van der Waals surface area contributed by atoms with Crippen molar-refractivity contribution >= 4 is 10.3 Å². The molecule has 1 aromatic carbocycles. The zero-order valence-electron chi connectivity index (χ0n) is 16.0. The van der Waals surface area contributed by atoms with Crippen LogP contribution in [-0.2, 0) is 16.7 Å². The number of methoxy groups -OCH3 is 1. The molecule has 0 radical (unpaired) electrons. The molecule has 2 fully saturated rings. The lowest BCUT2D eigenvalue weighted by atomic mass is 9.55. The predicted molar refractivity (Wildman–Crippen MR) is 101 cm³/mol. The molecule has 0 spiro atoms. The molecule has 1 aromatic rings. The maximum atomic E-state index is 13.5. The molecule has 0 saturated heterocycles. The predicted octanol–water partition coefficient (Wildman–Crippen LogP) is 4.28. The Bertz CT molecular complexity index is 942. The summed E-state index contributed by atoms with van der Waals surface area (Å²) in [6, 6.07) is 3.54. The van der Waals surface area contributed by atoms with Gasteiger partial charge in [-0.05, 0) is 85.0 Å². The first kappa shape index (κ1) is 19.6. The van der Waals surface area contributed by atoms with Gasteiger partial charge in [-0.3, -0.25) is 0 Å². The van der Waals surface area contributed by atoms with Crippen LogP contribution in [0.2, 0.25) is 0 Å². The van der Waals surface area contributed by atoms with Gasteiger partial charge in [-0.15, -0.1) is 0 Å². The van der Waals surface area contributed by atoms with E-state index in [1.165, 1.54) is 7.11 Å². The molecule has 5 nitrogen and oxygen atoms in total. The molecule has 154 valence electrons. The minimum absolute atomic E-state index is 0.0911. The van der Waals surface area contributed by atoms with Gasteiger partial charge in [0.25, 0.3) is 6.08 Å². The van der Waals surface area contributed by atoms with Crippen LogP contribution < -0.4 is 14.1 Å². The summed E-state index contributed by atoms with van der Waals surface area (Å²) in [5.74, 6) is 1.28. The molecular formula is C20H25F2NO4S. The van der Waals surface area contributed by atoms with Gasteiger partial charge < -0.3 is 8.92 Å². The summed E-state index contributed by atoms with van der Waals surface area (Å²) in [6.07, 6.45) is 3.04. The van der Waals surface area contributed by atoms with Crippen molar-refractivity contribution in [2.24, 2.45) is 22.4 Å². The lowest BCUT2D eigenvalue weighted by Gasteiger charge is -2.49. The van der Waals surface area contributed by atoms with Crippen molar-refractivity contribution in [3.63, 3.8) is 0 Å². The molecule has 2 saturated carbocycles. The lowest BCUT2D eigenvalue weighted by Crippen LogP contribution is -2.40. The summed E-state index contributed by atoms with van der Waals surface area (Å²) in [5.41, 5.74) is 2.10. The number of rotatable bonds is 3. The van der Waals surface area contributed by atoms with Crippen LogP contribution in [-0.4, -0.2) is 15.5 Å². The fraction of sp³-hybridized carbons (Fsp3) is 0.600. The molecule has 3 unspecified atom stereocenters. The highest BCUT2D eigenvalue weighted by Gasteiger charge is 2.53. The van der Waals surface area contributed by atoms with E-state index in [-0.39, 0.29) is 17.6 Å². The average Bonchev–Trinajstić information content (AvgIpc) is 2.97. The molecule has 2 N–H and O–H groups in total. The summed E-state index contributed by atoms with van der Waals surface area (Å²) in [6.45, 7) is 2.01. The first-order chi connectivity index (χ1) is 13.1. The standard InChI is InChI=1S/C20H25F2NO4S/c1-20-8-7-12-13(15(20)5-6-16(20)19(21)22)4-3-11-9-18(27-28(23,24)25)17(26-2)10-14(11)12/h9-10,12-13,15H,3-8H2,1-2H3,(H2,23,24,25)/t12?,13?,15?,20-/m0/s1. The Labute approximate surface area is 164 Å². The van der Waals surface area contributed by atoms with Gasteiger partial charge in [-0.2, -0.15) is 22.3 Å². The Balaban J connectivity index is 1.71. The highest BCUT2D eigenvalue weighted by molar-refractivity contribution is 7.84. The van der Waals surface area contributed by atoms with Crippen molar-refractivity contribution in [3.05, 3.63) is 34.9 Å². The summed E-state index contributed by atoms with van der Waals surface area (Å²) in [4.78, 5) is 0. The molecule has 0 heterocycles. The summed E-state index contributed by atoms with van der Waals surface area (Å²) in [5, 5.41) is 5.01. The molecular weight excluding hydrogens is 388 g/mol. The topological polar surface area (TPSA) is 78.6 Å². The first-order valence-electron chi connectivity index (χ1n) is 9.61. The minimum Gasteiger partial charge on any atom is -0.493 e. The van der Waals surface area contributed by atoms with Crippen molar-refractivity contribution in [1.82, 2.24) is 0 Å². The number of allylic oxidation sites excluding steroid dienone is 1. The Morgan fingerprint density at radius 3 is 2.57 bits per heavy atom. The lowest BCUT2D eigenvalue weighted by molar-refractivity contribution is 0.0782. The van der Waals surface area contributed by atoms with Crippen LogP contribution in [0.5, 0.6) is 11.5 Å². The number of aryl methyl sites for hydroxylation is 1. The molecule has 0 aromatic heterocycles. The van der Waals surface area contributed by atoms with E-state index in [1.54, 1.807) is 6.07 Å². The van der Waals surface area contributed by atoms with Crippen molar-refractivity contribution in [2.45, 2.75) is 51.4 Å². The Kier molecular flexibility index (Phi) is 4.69. The van der Waals surface area contributed by atoms with Crippen molar-refractivity contribution in [1.29, 1.82) is 0 Å². The van der Waals surface area contributed by atoms with E-state index >= 15 is 0 Å². The highest BCUT2D eigenvalue weighted by atomic mass is 32.2. The fourth-order valence-corrected chi connectivity index (χ4v) is 6.43. The van der Waals surface area contributed by atoms with Crippen molar-refractivity contribution in [2.75, 3.05) is 7.11 Å². The van der Waals surface area contributed by atoms with Crippen LogP contribution in [0.3, 0.4) is 0 Å². The van der Waals surface area contributed by atoms with Crippen LogP contribution in [0.4, 0.5) is 8.78 Å². The van der Waals surface area contributed by atoms with Crippen LogP contribution in [0.15, 0.2) is 23.8 Å². The van der Waals surface area contributed by atoms with Crippen LogP contribution in [0, 0.1) is 17.3 Å². The van der Waals surface area contributed by atoms with E-state index in [0.717, 1.165) is 43.2 Å². The number of hydrogen-bond donors (Lipinski definition) is 1. The molecule has 3 aliphatic rings. The number of halogens is 2. The van der Waals surface area contributed by atoms with Crippen molar-refractivity contribution < 1.29 is 26.1 Å². The van der Waals surface area contributed by atoms with Gasteiger partial charge in [-0.25, -0.2) is 0 Å². The molecule has 0 aliphatic heterocycles. The van der Waals surface area contributed by atoms with E-state index in [0.29, 0.717) is 23.7 Å². The number of nitrogens with two attached hydrogens (primary N) is 1. The highest BCUT2D eigenvalue weighted by Crippen LogP contribution is 2.63. The van der Waals surface area contributed by atoms with Gasteiger partial charge in [-0.1, -0.05) is 6.92 Å². The number of fused-ring (bicyclic) bond motifs is 5. The smallest absolute Gasteiger partial charge is 0.380 e. The molecule has 0 amide bonds. The fourth-order valence-electron chi connectivity index (χ4n) is 6.05. The Morgan fingerprint density at radius 2 is 1.93 bits per heavy atom. The van der Waals surface area contributed by atoms with Gasteiger partial charge in [0, 0.05) is 5.57 Å². The van der Waals surface area contributed by atoms with Gasteiger partial charge in [0.15, 0.2) is 11.5 Å². The molecule has 8 heteroatoms. The maximum Gasteiger partial charge on any atom is 0.380 e. The quantitative estimate of drug-likeness (QED) is 0.802. The van der Waals surface area contributed by atoms with E-state index in [2.05, 4.69) is 0 Å². The SMILES string of the molecule is COc1cc2c(cc1OS(N)(=O)=O)CCC1C2CC[C@]2(C)C(=C(F)F)CCC12. The monoisotopic (exact) mass is 413 g/mol. The first-order valence-corrected chi connectivity index (χ1v) is 11.1. The zero-order chi connectivity index (χ0) is 20.3. The third kappa shape index (κ3) is 3.10. The molecule has 28 heavy (non-hydrogen) atoms. The average molecular weight is 413 g/mol. The van der Waals surface area contributed by atoms with Gasteiger partial charge in [0.2, 0.25) is 0 Å². The minimum atomic E-state index is -4.15. The third-order valence-corrected chi connectivity index (χ3v) is 7.64. The molecule has 4 atom stereocenters. The van der Waals surface area contributed by atoms with E-state index < -0.39 is 21.8 Å². The van der Waals surface area contributed by atoms with Gasteiger partial charge >= 0.3 is 10.3 Å². The summed E-state index contributed by atoms with van der Waals surface area (Å²) < 4.78 is 59.9. The molecule has 3 aliphatic carbocycles. The maximum absolute atomic E-state index is 13.5. The second-order valence-electron chi connectivity index (χ2n) is 8.43. The van der Waals surface area contributed by atoms with Crippen LogP contribution in [0.1, 0.15) is 56.1 Å². The van der Waals surface area contributed by atoms with E-state index in [9.17, 15) is 17.2 Å². The van der Waals surface area contributed by atoms with E-state index in [4.69, 9.17) is 14.1 Å². The second kappa shape index (κ2) is 6.69. The second-order valence-corrected chi connectivity index (χ2v) is 9.58. The number of ether oxygens (including phenoxy) is 1. The largest absolute Gasteiger partial charge is 0.493 e. The van der Waals surface area contributed by atoms with Gasteiger partial charge in [0.1, 0.15) is 0 Å². The van der Waals surface area contributed by atoms with Gasteiger partial charge in [0.05, 0.1) is 7.11 Å². The molecule has 0 bridgehead atoms. The molecule has 4 rings (SSSR count). The Morgan fingerprint density at radius 1 is 1.18 bits per heavy atom. The number of hydrogen-bond acceptors (Lipinski definition) is 4.